The molecule has 1 amide bonds. The molecule has 168 valence electrons. The Hall–Kier alpha value is -3.08. The van der Waals surface area contributed by atoms with Crippen molar-refractivity contribution in [2.45, 2.75) is 4.90 Å². The summed E-state index contributed by atoms with van der Waals surface area (Å²) < 4.78 is 52.3. The molecule has 0 saturated heterocycles. The number of carbonyl (C=O) groups is 1. The van der Waals surface area contributed by atoms with E-state index in [2.05, 4.69) is 10.0 Å². The molecular weight excluding hydrogens is 474 g/mol. The summed E-state index contributed by atoms with van der Waals surface area (Å²) in [6, 6.07) is 18.1. The highest BCUT2D eigenvalue weighted by atomic mass is 35.5. The lowest BCUT2D eigenvalue weighted by atomic mass is 10.1. The van der Waals surface area contributed by atoms with Gasteiger partial charge in [0.2, 0.25) is 10.0 Å². The van der Waals surface area contributed by atoms with E-state index in [9.17, 15) is 21.6 Å². The number of hydrogen-bond donors (Lipinski definition) is 2. The molecule has 3 aromatic carbocycles. The van der Waals surface area contributed by atoms with Crippen molar-refractivity contribution in [3.63, 3.8) is 0 Å². The standard InChI is InChI=1S/C21H20ClN3O5S2/c1-25(31(2,27)28)20-9-4-3-8-19(20)21(26)23-16-10-12-18(13-11-16)32(29,30)24-17-7-5-6-15(22)14-17/h3-14,24H,1-2H3,(H,23,26). The van der Waals surface area contributed by atoms with E-state index in [1.165, 1.54) is 49.5 Å². The molecule has 0 bridgehead atoms. The number of amides is 1. The Bertz CT molecular complexity index is 1360. The van der Waals surface area contributed by atoms with Crippen LogP contribution in [0.25, 0.3) is 0 Å². The maximum Gasteiger partial charge on any atom is 0.261 e. The van der Waals surface area contributed by atoms with Gasteiger partial charge >= 0.3 is 0 Å². The van der Waals surface area contributed by atoms with Gasteiger partial charge in [-0.3, -0.25) is 13.8 Å². The highest BCUT2D eigenvalue weighted by molar-refractivity contribution is 7.92. The Kier molecular flexibility index (Phi) is 6.77. The molecule has 3 aromatic rings. The van der Waals surface area contributed by atoms with Gasteiger partial charge in [-0.2, -0.15) is 0 Å². The Morgan fingerprint density at radius 3 is 2.16 bits per heavy atom. The average molecular weight is 494 g/mol. The van der Waals surface area contributed by atoms with Crippen LogP contribution in [0, 0.1) is 0 Å². The number of anilines is 3. The lowest BCUT2D eigenvalue weighted by Gasteiger charge is -2.19. The zero-order chi connectivity index (χ0) is 23.5. The SMILES string of the molecule is CN(c1ccccc1C(=O)Nc1ccc(S(=O)(=O)Nc2cccc(Cl)c2)cc1)S(C)(=O)=O. The smallest absolute Gasteiger partial charge is 0.261 e. The highest BCUT2D eigenvalue weighted by Crippen LogP contribution is 2.24. The first kappa shape index (κ1) is 23.6. The average Bonchev–Trinajstić information content (AvgIpc) is 2.72. The maximum atomic E-state index is 12.7. The minimum atomic E-state index is -3.86. The molecule has 8 nitrogen and oxygen atoms in total. The van der Waals surface area contributed by atoms with Crippen LogP contribution in [0.2, 0.25) is 5.02 Å². The van der Waals surface area contributed by atoms with Gasteiger partial charge in [-0.1, -0.05) is 29.8 Å². The first-order chi connectivity index (χ1) is 15.0. The second-order valence-electron chi connectivity index (χ2n) is 6.84. The molecule has 0 fully saturated rings. The molecule has 0 radical (unpaired) electrons. The zero-order valence-electron chi connectivity index (χ0n) is 17.1. The molecule has 32 heavy (non-hydrogen) atoms. The van der Waals surface area contributed by atoms with Gasteiger partial charge in [0.05, 0.1) is 28.1 Å². The predicted octanol–water partition coefficient (Wildman–Crippen LogP) is 3.79. The van der Waals surface area contributed by atoms with E-state index in [0.717, 1.165) is 10.6 Å². The van der Waals surface area contributed by atoms with Crippen molar-refractivity contribution in [1.29, 1.82) is 0 Å². The second kappa shape index (κ2) is 9.19. The molecule has 0 spiro atoms. The maximum absolute atomic E-state index is 12.7. The second-order valence-corrected chi connectivity index (χ2v) is 11.0. The number of halogens is 1. The third-order valence-corrected chi connectivity index (χ3v) is 7.31. The summed E-state index contributed by atoms with van der Waals surface area (Å²) >= 11 is 5.88. The summed E-state index contributed by atoms with van der Waals surface area (Å²) in [6.45, 7) is 0. The summed E-state index contributed by atoms with van der Waals surface area (Å²) in [4.78, 5) is 12.7. The molecular formula is C21H20ClN3O5S2. The third-order valence-electron chi connectivity index (χ3n) is 4.48. The zero-order valence-corrected chi connectivity index (χ0v) is 19.5. The van der Waals surface area contributed by atoms with E-state index >= 15 is 0 Å². The number of nitrogens with zero attached hydrogens (tertiary/aromatic N) is 1. The molecule has 2 N–H and O–H groups in total. The molecule has 0 heterocycles. The lowest BCUT2D eigenvalue weighted by molar-refractivity contribution is 0.102. The summed E-state index contributed by atoms with van der Waals surface area (Å²) in [6.07, 6.45) is 1.04. The van der Waals surface area contributed by atoms with E-state index in [0.29, 0.717) is 16.4 Å². The van der Waals surface area contributed by atoms with Gasteiger partial charge in [0.15, 0.2) is 0 Å². The van der Waals surface area contributed by atoms with Crippen molar-refractivity contribution in [1.82, 2.24) is 0 Å². The third kappa shape index (κ3) is 5.58. The van der Waals surface area contributed by atoms with E-state index in [1.54, 1.807) is 30.3 Å². The van der Waals surface area contributed by atoms with Gasteiger partial charge in [0, 0.05) is 17.8 Å². The van der Waals surface area contributed by atoms with E-state index in [1.807, 2.05) is 0 Å². The van der Waals surface area contributed by atoms with Gasteiger partial charge in [-0.25, -0.2) is 16.8 Å². The van der Waals surface area contributed by atoms with E-state index < -0.39 is 26.0 Å². The Morgan fingerprint density at radius 1 is 0.875 bits per heavy atom. The summed E-state index contributed by atoms with van der Waals surface area (Å²) in [5, 5.41) is 3.04. The van der Waals surface area contributed by atoms with Gasteiger partial charge in [-0.05, 0) is 54.6 Å². The van der Waals surface area contributed by atoms with Crippen LogP contribution in [0.15, 0.2) is 77.7 Å². The van der Waals surface area contributed by atoms with Crippen LogP contribution >= 0.6 is 11.6 Å². The van der Waals surface area contributed by atoms with Gasteiger partial charge in [0.1, 0.15) is 0 Å². The molecule has 0 aliphatic heterocycles. The fourth-order valence-electron chi connectivity index (χ4n) is 2.80. The minimum absolute atomic E-state index is 0.00677. The molecule has 0 unspecified atom stereocenters. The van der Waals surface area contributed by atoms with Crippen LogP contribution in [0.1, 0.15) is 10.4 Å². The highest BCUT2D eigenvalue weighted by Gasteiger charge is 2.20. The lowest BCUT2D eigenvalue weighted by Crippen LogP contribution is -2.27. The summed E-state index contributed by atoms with van der Waals surface area (Å²) in [7, 11) is -6.07. The van der Waals surface area contributed by atoms with Gasteiger partial charge in [0.25, 0.3) is 15.9 Å². The van der Waals surface area contributed by atoms with Crippen LogP contribution in [0.3, 0.4) is 0 Å². The number of nitrogens with one attached hydrogen (secondary N) is 2. The van der Waals surface area contributed by atoms with Crippen LogP contribution in [-0.2, 0) is 20.0 Å². The van der Waals surface area contributed by atoms with Crippen molar-refractivity contribution in [2.24, 2.45) is 0 Å². The molecule has 0 atom stereocenters. The largest absolute Gasteiger partial charge is 0.322 e. The first-order valence-electron chi connectivity index (χ1n) is 9.20. The van der Waals surface area contributed by atoms with E-state index in [-0.39, 0.29) is 16.1 Å². The molecule has 0 saturated carbocycles. The normalized spacial score (nSPS) is 11.6. The predicted molar refractivity (Wildman–Crippen MR) is 126 cm³/mol. The Balaban J connectivity index is 1.79. The number of para-hydroxylation sites is 1. The summed E-state index contributed by atoms with van der Waals surface area (Å²) in [5.74, 6) is -0.538. The fraction of sp³-hybridized carbons (Fsp3) is 0.0952. The number of rotatable bonds is 7. The fourth-order valence-corrected chi connectivity index (χ4v) is 4.56. The molecule has 11 heteroatoms. The number of benzene rings is 3. The van der Waals surface area contributed by atoms with Crippen molar-refractivity contribution in [3.8, 4) is 0 Å². The first-order valence-corrected chi connectivity index (χ1v) is 12.9. The molecule has 0 aromatic heterocycles. The van der Waals surface area contributed by atoms with Gasteiger partial charge < -0.3 is 5.32 Å². The number of sulfonamides is 2. The van der Waals surface area contributed by atoms with Crippen molar-refractivity contribution < 1.29 is 21.6 Å². The van der Waals surface area contributed by atoms with Crippen molar-refractivity contribution in [3.05, 3.63) is 83.4 Å². The summed E-state index contributed by atoms with van der Waals surface area (Å²) in [5.41, 5.74) is 1.03. The van der Waals surface area contributed by atoms with Crippen LogP contribution in [0.4, 0.5) is 17.1 Å². The van der Waals surface area contributed by atoms with Crippen molar-refractivity contribution >= 4 is 54.6 Å². The van der Waals surface area contributed by atoms with Crippen LogP contribution in [0.5, 0.6) is 0 Å². The van der Waals surface area contributed by atoms with Crippen LogP contribution in [-0.4, -0.2) is 36.0 Å². The number of hydrogen-bond acceptors (Lipinski definition) is 5. The topological polar surface area (TPSA) is 113 Å². The van der Waals surface area contributed by atoms with Crippen LogP contribution < -0.4 is 14.3 Å². The Labute approximate surface area is 191 Å². The van der Waals surface area contributed by atoms with E-state index in [4.69, 9.17) is 11.6 Å². The molecule has 0 aliphatic carbocycles. The molecule has 3 rings (SSSR count). The van der Waals surface area contributed by atoms with Gasteiger partial charge in [-0.15, -0.1) is 0 Å². The number of carbonyl (C=O) groups excluding carboxylic acids is 1. The molecule has 0 aliphatic rings. The van der Waals surface area contributed by atoms with Crippen molar-refractivity contribution in [2.75, 3.05) is 27.6 Å². The quantitative estimate of drug-likeness (QED) is 0.520. The Morgan fingerprint density at radius 2 is 1.53 bits per heavy atom. The minimum Gasteiger partial charge on any atom is -0.322 e. The monoisotopic (exact) mass is 493 g/mol.